The molecule has 1 N–H and O–H groups in total. The van der Waals surface area contributed by atoms with Gasteiger partial charge in [0, 0.05) is 4.88 Å². The SMILES string of the molecule is Cc1ccc(C(=O)NCC(=O)N2CCCO2)s1. The van der Waals surface area contributed by atoms with E-state index in [1.165, 1.54) is 16.4 Å². The molecule has 5 nitrogen and oxygen atoms in total. The van der Waals surface area contributed by atoms with Crippen LogP contribution in [0.5, 0.6) is 0 Å². The van der Waals surface area contributed by atoms with Crippen LogP contribution < -0.4 is 5.32 Å². The number of hydroxylamine groups is 2. The zero-order valence-corrected chi connectivity index (χ0v) is 10.4. The standard InChI is InChI=1S/C11H14N2O3S/c1-8-3-4-9(17-8)11(15)12-7-10(14)13-5-2-6-16-13/h3-4H,2,5-7H2,1H3,(H,12,15). The highest BCUT2D eigenvalue weighted by Crippen LogP contribution is 2.14. The van der Waals surface area contributed by atoms with E-state index in [9.17, 15) is 9.59 Å². The lowest BCUT2D eigenvalue weighted by atomic mass is 10.4. The molecule has 0 bridgehead atoms. The van der Waals surface area contributed by atoms with Crippen LogP contribution in [0.2, 0.25) is 0 Å². The zero-order valence-electron chi connectivity index (χ0n) is 9.56. The van der Waals surface area contributed by atoms with E-state index in [4.69, 9.17) is 4.84 Å². The molecule has 0 radical (unpaired) electrons. The van der Waals surface area contributed by atoms with E-state index in [-0.39, 0.29) is 18.4 Å². The van der Waals surface area contributed by atoms with Gasteiger partial charge in [-0.2, -0.15) is 0 Å². The van der Waals surface area contributed by atoms with Crippen molar-refractivity contribution in [3.8, 4) is 0 Å². The first-order chi connectivity index (χ1) is 8.16. The summed E-state index contributed by atoms with van der Waals surface area (Å²) in [5, 5.41) is 3.89. The van der Waals surface area contributed by atoms with Crippen molar-refractivity contribution >= 4 is 23.2 Å². The first-order valence-corrected chi connectivity index (χ1v) is 6.26. The molecule has 2 heterocycles. The average molecular weight is 254 g/mol. The van der Waals surface area contributed by atoms with Crippen molar-refractivity contribution in [3.05, 3.63) is 21.9 Å². The Hall–Kier alpha value is -1.40. The monoisotopic (exact) mass is 254 g/mol. The minimum Gasteiger partial charge on any atom is -0.342 e. The fourth-order valence-electron chi connectivity index (χ4n) is 1.53. The summed E-state index contributed by atoms with van der Waals surface area (Å²) in [5.41, 5.74) is 0. The summed E-state index contributed by atoms with van der Waals surface area (Å²) in [6.07, 6.45) is 0.851. The number of amides is 2. The van der Waals surface area contributed by atoms with Crippen molar-refractivity contribution in [1.29, 1.82) is 0 Å². The predicted octanol–water partition coefficient (Wildman–Crippen LogP) is 0.950. The topological polar surface area (TPSA) is 58.6 Å². The second kappa shape index (κ2) is 5.29. The maximum Gasteiger partial charge on any atom is 0.265 e. The molecule has 1 aromatic heterocycles. The van der Waals surface area contributed by atoms with Crippen molar-refractivity contribution in [1.82, 2.24) is 10.4 Å². The lowest BCUT2D eigenvalue weighted by molar-refractivity contribution is -0.167. The Kier molecular flexibility index (Phi) is 3.75. The van der Waals surface area contributed by atoms with Crippen LogP contribution in [-0.2, 0) is 9.63 Å². The van der Waals surface area contributed by atoms with Crippen molar-refractivity contribution in [2.75, 3.05) is 19.7 Å². The molecule has 0 aromatic carbocycles. The summed E-state index contributed by atoms with van der Waals surface area (Å²) >= 11 is 1.41. The van der Waals surface area contributed by atoms with Crippen LogP contribution in [0, 0.1) is 6.92 Å². The number of nitrogens with one attached hydrogen (secondary N) is 1. The van der Waals surface area contributed by atoms with Gasteiger partial charge in [-0.25, -0.2) is 5.06 Å². The number of carbonyl (C=O) groups excluding carboxylic acids is 2. The van der Waals surface area contributed by atoms with Crippen molar-refractivity contribution in [3.63, 3.8) is 0 Å². The molecular formula is C11H14N2O3S. The normalized spacial score (nSPS) is 15.0. The fraction of sp³-hybridized carbons (Fsp3) is 0.455. The second-order valence-corrected chi connectivity index (χ2v) is 5.06. The van der Waals surface area contributed by atoms with Crippen LogP contribution in [0.25, 0.3) is 0 Å². The van der Waals surface area contributed by atoms with Crippen molar-refractivity contribution < 1.29 is 14.4 Å². The summed E-state index contributed by atoms with van der Waals surface area (Å²) in [7, 11) is 0. The van der Waals surface area contributed by atoms with Gasteiger partial charge < -0.3 is 5.32 Å². The molecular weight excluding hydrogens is 240 g/mol. The molecule has 6 heteroatoms. The van der Waals surface area contributed by atoms with Crippen LogP contribution in [0.3, 0.4) is 0 Å². The van der Waals surface area contributed by atoms with E-state index in [1.54, 1.807) is 6.07 Å². The number of aryl methyl sites for hydroxylation is 1. The minimum absolute atomic E-state index is 0.0181. The molecule has 1 aromatic rings. The molecule has 0 aliphatic carbocycles. The second-order valence-electron chi connectivity index (χ2n) is 3.78. The van der Waals surface area contributed by atoms with E-state index in [1.807, 2.05) is 13.0 Å². The summed E-state index contributed by atoms with van der Waals surface area (Å²) in [5.74, 6) is -0.417. The molecule has 92 valence electrons. The Bertz CT molecular complexity index is 424. The molecule has 17 heavy (non-hydrogen) atoms. The Morgan fingerprint density at radius 3 is 2.94 bits per heavy atom. The molecule has 1 aliphatic heterocycles. The largest absolute Gasteiger partial charge is 0.342 e. The first-order valence-electron chi connectivity index (χ1n) is 5.45. The Morgan fingerprint density at radius 1 is 1.53 bits per heavy atom. The Morgan fingerprint density at radius 2 is 2.35 bits per heavy atom. The van der Waals surface area contributed by atoms with Crippen LogP contribution in [0.15, 0.2) is 12.1 Å². The number of hydrogen-bond acceptors (Lipinski definition) is 4. The van der Waals surface area contributed by atoms with Gasteiger partial charge in [0.05, 0.1) is 24.6 Å². The third-order valence-electron chi connectivity index (χ3n) is 2.40. The third kappa shape index (κ3) is 3.04. The molecule has 2 amide bonds. The number of rotatable bonds is 3. The van der Waals surface area contributed by atoms with E-state index >= 15 is 0 Å². The van der Waals surface area contributed by atoms with E-state index in [0.717, 1.165) is 11.3 Å². The highest BCUT2D eigenvalue weighted by molar-refractivity contribution is 7.13. The van der Waals surface area contributed by atoms with Gasteiger partial charge in [0.2, 0.25) is 0 Å². The van der Waals surface area contributed by atoms with E-state index < -0.39 is 0 Å². The van der Waals surface area contributed by atoms with Crippen molar-refractivity contribution in [2.24, 2.45) is 0 Å². The quantitative estimate of drug-likeness (QED) is 0.873. The van der Waals surface area contributed by atoms with Gasteiger partial charge in [0.15, 0.2) is 0 Å². The van der Waals surface area contributed by atoms with Crippen LogP contribution in [0.4, 0.5) is 0 Å². The number of nitrogens with zero attached hydrogens (tertiary/aromatic N) is 1. The lowest BCUT2D eigenvalue weighted by Crippen LogP contribution is -2.37. The third-order valence-corrected chi connectivity index (χ3v) is 3.39. The Labute approximate surface area is 103 Å². The zero-order chi connectivity index (χ0) is 12.3. The van der Waals surface area contributed by atoms with Gasteiger partial charge in [-0.1, -0.05) is 0 Å². The molecule has 0 unspecified atom stereocenters. The van der Waals surface area contributed by atoms with Gasteiger partial charge in [-0.05, 0) is 25.5 Å². The first kappa shape index (κ1) is 12.1. The maximum atomic E-state index is 11.7. The van der Waals surface area contributed by atoms with Crippen LogP contribution in [0.1, 0.15) is 21.0 Å². The number of carbonyl (C=O) groups is 2. The minimum atomic E-state index is -0.212. The fourth-order valence-corrected chi connectivity index (χ4v) is 2.32. The van der Waals surface area contributed by atoms with Gasteiger partial charge in [0.25, 0.3) is 11.8 Å². The molecule has 0 spiro atoms. The molecule has 1 aliphatic rings. The molecule has 2 rings (SSSR count). The van der Waals surface area contributed by atoms with E-state index in [2.05, 4.69) is 5.32 Å². The maximum absolute atomic E-state index is 11.7. The Balaban J connectivity index is 1.81. The smallest absolute Gasteiger partial charge is 0.265 e. The van der Waals surface area contributed by atoms with E-state index in [0.29, 0.717) is 18.0 Å². The van der Waals surface area contributed by atoms with Crippen LogP contribution in [-0.4, -0.2) is 36.6 Å². The molecule has 1 fully saturated rings. The molecule has 0 atom stereocenters. The van der Waals surface area contributed by atoms with Gasteiger partial charge in [-0.15, -0.1) is 11.3 Å². The van der Waals surface area contributed by atoms with Crippen LogP contribution >= 0.6 is 11.3 Å². The summed E-state index contributed by atoms with van der Waals surface area (Å²) in [4.78, 5) is 30.0. The summed E-state index contributed by atoms with van der Waals surface area (Å²) < 4.78 is 0. The molecule has 1 saturated heterocycles. The average Bonchev–Trinajstić information content (AvgIpc) is 2.95. The molecule has 0 saturated carbocycles. The highest BCUT2D eigenvalue weighted by atomic mass is 32.1. The summed E-state index contributed by atoms with van der Waals surface area (Å²) in [6.45, 7) is 3.09. The van der Waals surface area contributed by atoms with Gasteiger partial charge >= 0.3 is 0 Å². The predicted molar refractivity (Wildman–Crippen MR) is 63.7 cm³/mol. The number of thiophene rings is 1. The lowest BCUT2D eigenvalue weighted by Gasteiger charge is -2.13. The number of hydrogen-bond donors (Lipinski definition) is 1. The summed E-state index contributed by atoms with van der Waals surface area (Å²) in [6, 6.07) is 3.64. The highest BCUT2D eigenvalue weighted by Gasteiger charge is 2.19. The van der Waals surface area contributed by atoms with Gasteiger partial charge in [0.1, 0.15) is 0 Å². The van der Waals surface area contributed by atoms with Gasteiger partial charge in [-0.3, -0.25) is 14.4 Å². The van der Waals surface area contributed by atoms with Crippen molar-refractivity contribution in [2.45, 2.75) is 13.3 Å².